The summed E-state index contributed by atoms with van der Waals surface area (Å²) < 4.78 is 39.5. The molecule has 0 aliphatic carbocycles. The Morgan fingerprint density at radius 1 is 1.18 bits per heavy atom. The van der Waals surface area contributed by atoms with E-state index in [1.165, 1.54) is 6.07 Å². The SMILES string of the molecule is Cl.NCc1cn2cccc2c(-c2ccc(C(F)(F)F)cn2)n1. The van der Waals surface area contributed by atoms with E-state index >= 15 is 0 Å². The van der Waals surface area contributed by atoms with Crippen LogP contribution >= 0.6 is 12.4 Å². The van der Waals surface area contributed by atoms with Crippen LogP contribution in [0, 0.1) is 0 Å². The maximum atomic E-state index is 12.6. The van der Waals surface area contributed by atoms with Gasteiger partial charge in [0.05, 0.1) is 22.5 Å². The third-order valence-corrected chi connectivity index (χ3v) is 3.11. The molecule has 3 rings (SSSR count). The second-order valence-electron chi connectivity index (χ2n) is 4.52. The van der Waals surface area contributed by atoms with E-state index in [-0.39, 0.29) is 19.0 Å². The standard InChI is InChI=1S/C14H11F3N4.ClH/c15-14(16,17)9-3-4-11(19-7-9)13-12-2-1-5-21(12)8-10(6-18)20-13;/h1-5,7-8H,6,18H2;1H. The molecule has 3 heterocycles. The summed E-state index contributed by atoms with van der Waals surface area (Å²) >= 11 is 0. The Balaban J connectivity index is 0.00000176. The van der Waals surface area contributed by atoms with Crippen LogP contribution in [0.2, 0.25) is 0 Å². The second-order valence-corrected chi connectivity index (χ2v) is 4.52. The molecule has 0 aliphatic rings. The van der Waals surface area contributed by atoms with Crippen molar-refractivity contribution < 1.29 is 13.2 Å². The van der Waals surface area contributed by atoms with E-state index in [9.17, 15) is 13.2 Å². The Kier molecular flexibility index (Phi) is 4.39. The van der Waals surface area contributed by atoms with E-state index < -0.39 is 11.7 Å². The first-order valence-electron chi connectivity index (χ1n) is 6.19. The number of nitrogens with zero attached hydrogens (tertiary/aromatic N) is 3. The molecule has 0 unspecified atom stereocenters. The molecule has 0 saturated carbocycles. The highest BCUT2D eigenvalue weighted by atomic mass is 35.5. The van der Waals surface area contributed by atoms with Crippen molar-refractivity contribution in [1.29, 1.82) is 0 Å². The minimum atomic E-state index is -4.40. The van der Waals surface area contributed by atoms with Gasteiger partial charge in [0.2, 0.25) is 0 Å². The minimum absolute atomic E-state index is 0. The van der Waals surface area contributed by atoms with Gasteiger partial charge in [0.25, 0.3) is 0 Å². The Bertz CT molecular complexity index is 781. The van der Waals surface area contributed by atoms with Crippen LogP contribution in [0.4, 0.5) is 13.2 Å². The molecule has 116 valence electrons. The van der Waals surface area contributed by atoms with Gasteiger partial charge in [-0.2, -0.15) is 13.2 Å². The average molecular weight is 329 g/mol. The van der Waals surface area contributed by atoms with Crippen molar-refractivity contribution >= 4 is 17.9 Å². The zero-order valence-corrected chi connectivity index (χ0v) is 12.0. The Morgan fingerprint density at radius 2 is 1.95 bits per heavy atom. The number of nitrogens with two attached hydrogens (primary N) is 1. The molecule has 0 amide bonds. The number of hydrogen-bond donors (Lipinski definition) is 1. The highest BCUT2D eigenvalue weighted by Gasteiger charge is 2.30. The largest absolute Gasteiger partial charge is 0.417 e. The van der Waals surface area contributed by atoms with Gasteiger partial charge in [-0.15, -0.1) is 12.4 Å². The molecule has 2 N–H and O–H groups in total. The molecule has 3 aromatic rings. The van der Waals surface area contributed by atoms with E-state index in [0.29, 0.717) is 17.1 Å². The number of fused-ring (bicyclic) bond motifs is 1. The average Bonchev–Trinajstić information content (AvgIpc) is 2.93. The Morgan fingerprint density at radius 3 is 2.55 bits per heavy atom. The lowest BCUT2D eigenvalue weighted by atomic mass is 10.2. The van der Waals surface area contributed by atoms with Crippen molar-refractivity contribution in [2.45, 2.75) is 12.7 Å². The predicted molar refractivity (Wildman–Crippen MR) is 78.6 cm³/mol. The summed E-state index contributed by atoms with van der Waals surface area (Å²) in [6.07, 6.45) is 0.0146. The molecule has 0 fully saturated rings. The fourth-order valence-electron chi connectivity index (χ4n) is 2.09. The maximum absolute atomic E-state index is 12.6. The number of alkyl halides is 3. The van der Waals surface area contributed by atoms with Gasteiger partial charge in [-0.1, -0.05) is 0 Å². The predicted octanol–water partition coefficient (Wildman–Crippen LogP) is 3.30. The van der Waals surface area contributed by atoms with Crippen LogP contribution in [-0.2, 0) is 12.7 Å². The first kappa shape index (κ1) is 16.3. The third kappa shape index (κ3) is 2.90. The molecule has 0 aromatic carbocycles. The van der Waals surface area contributed by atoms with Crippen LogP contribution in [0.1, 0.15) is 11.3 Å². The van der Waals surface area contributed by atoms with Crippen LogP contribution in [0.25, 0.3) is 16.9 Å². The van der Waals surface area contributed by atoms with Crippen molar-refractivity contribution in [2.75, 3.05) is 0 Å². The van der Waals surface area contributed by atoms with Crippen molar-refractivity contribution in [3.8, 4) is 11.4 Å². The maximum Gasteiger partial charge on any atom is 0.417 e. The number of hydrogen-bond acceptors (Lipinski definition) is 3. The van der Waals surface area contributed by atoms with Crippen LogP contribution < -0.4 is 5.73 Å². The van der Waals surface area contributed by atoms with E-state index in [2.05, 4.69) is 9.97 Å². The zero-order chi connectivity index (χ0) is 15.0. The summed E-state index contributed by atoms with van der Waals surface area (Å²) in [5, 5.41) is 0. The smallest absolute Gasteiger partial charge is 0.325 e. The first-order valence-corrected chi connectivity index (χ1v) is 6.19. The molecule has 0 atom stereocenters. The van der Waals surface area contributed by atoms with Crippen molar-refractivity contribution in [3.63, 3.8) is 0 Å². The first-order chi connectivity index (χ1) is 9.99. The summed E-state index contributed by atoms with van der Waals surface area (Å²) in [7, 11) is 0. The molecule has 8 heteroatoms. The Hall–Kier alpha value is -2.12. The van der Waals surface area contributed by atoms with Crippen molar-refractivity contribution in [2.24, 2.45) is 5.73 Å². The molecule has 3 aromatic heterocycles. The number of halogens is 4. The molecule has 4 nitrogen and oxygen atoms in total. The summed E-state index contributed by atoms with van der Waals surface area (Å²) in [6, 6.07) is 5.96. The van der Waals surface area contributed by atoms with Crippen LogP contribution in [0.5, 0.6) is 0 Å². The number of pyridine rings is 1. The molecule has 0 radical (unpaired) electrons. The van der Waals surface area contributed by atoms with Gasteiger partial charge in [0.15, 0.2) is 0 Å². The zero-order valence-electron chi connectivity index (χ0n) is 11.2. The van der Waals surface area contributed by atoms with E-state index in [0.717, 1.165) is 17.8 Å². The van der Waals surface area contributed by atoms with Crippen molar-refractivity contribution in [1.82, 2.24) is 14.4 Å². The lowest BCUT2D eigenvalue weighted by Gasteiger charge is -2.09. The second kappa shape index (κ2) is 5.94. The van der Waals surface area contributed by atoms with Gasteiger partial charge in [0.1, 0.15) is 5.69 Å². The fourth-order valence-corrected chi connectivity index (χ4v) is 2.09. The molecule has 0 spiro atoms. The normalized spacial score (nSPS) is 11.5. The van der Waals surface area contributed by atoms with Crippen LogP contribution in [0.15, 0.2) is 42.9 Å². The highest BCUT2D eigenvalue weighted by molar-refractivity contribution is 5.85. The van der Waals surface area contributed by atoms with Crippen LogP contribution in [0.3, 0.4) is 0 Å². The lowest BCUT2D eigenvalue weighted by molar-refractivity contribution is -0.137. The number of aromatic nitrogens is 3. The van der Waals surface area contributed by atoms with Gasteiger partial charge in [0, 0.05) is 25.1 Å². The number of rotatable bonds is 2. The molecular formula is C14H12ClF3N4. The molecule has 0 saturated heterocycles. The van der Waals surface area contributed by atoms with Gasteiger partial charge in [-0.05, 0) is 24.3 Å². The lowest BCUT2D eigenvalue weighted by Crippen LogP contribution is -2.06. The summed E-state index contributed by atoms with van der Waals surface area (Å²) in [5.74, 6) is 0. The molecule has 0 aliphatic heterocycles. The molecule has 0 bridgehead atoms. The van der Waals surface area contributed by atoms with E-state index in [4.69, 9.17) is 5.73 Å². The minimum Gasteiger partial charge on any atom is -0.325 e. The molecular weight excluding hydrogens is 317 g/mol. The van der Waals surface area contributed by atoms with E-state index in [1.807, 2.05) is 22.7 Å². The fraction of sp³-hybridized carbons (Fsp3) is 0.143. The third-order valence-electron chi connectivity index (χ3n) is 3.11. The van der Waals surface area contributed by atoms with Gasteiger partial charge in [-0.3, -0.25) is 4.98 Å². The summed E-state index contributed by atoms with van der Waals surface area (Å²) in [4.78, 5) is 8.25. The highest BCUT2D eigenvalue weighted by Crippen LogP contribution is 2.30. The monoisotopic (exact) mass is 328 g/mol. The topological polar surface area (TPSA) is 56.2 Å². The summed E-state index contributed by atoms with van der Waals surface area (Å²) in [5.41, 5.74) is 7.09. The van der Waals surface area contributed by atoms with Gasteiger partial charge in [-0.25, -0.2) is 4.98 Å². The van der Waals surface area contributed by atoms with E-state index in [1.54, 1.807) is 6.20 Å². The quantitative estimate of drug-likeness (QED) is 0.785. The molecule has 22 heavy (non-hydrogen) atoms. The van der Waals surface area contributed by atoms with Crippen LogP contribution in [-0.4, -0.2) is 14.4 Å². The van der Waals surface area contributed by atoms with Gasteiger partial charge < -0.3 is 10.1 Å². The van der Waals surface area contributed by atoms with Crippen molar-refractivity contribution in [3.05, 3.63) is 54.1 Å². The van der Waals surface area contributed by atoms with Gasteiger partial charge >= 0.3 is 6.18 Å². The summed E-state index contributed by atoms with van der Waals surface area (Å²) in [6.45, 7) is 0.238. The Labute approximate surface area is 130 Å².